The van der Waals surface area contributed by atoms with Gasteiger partial charge in [0, 0.05) is 5.02 Å². The van der Waals surface area contributed by atoms with Crippen molar-refractivity contribution in [2.75, 3.05) is 5.73 Å². The molecule has 0 aliphatic rings. The highest BCUT2D eigenvalue weighted by atomic mass is 35.5. The van der Waals surface area contributed by atoms with Gasteiger partial charge in [0.2, 0.25) is 0 Å². The molecular formula is C10H8ClN3O. The van der Waals surface area contributed by atoms with Gasteiger partial charge in [0.05, 0.1) is 11.9 Å². The van der Waals surface area contributed by atoms with Crippen molar-refractivity contribution in [2.45, 2.75) is 0 Å². The fourth-order valence-corrected chi connectivity index (χ4v) is 1.31. The van der Waals surface area contributed by atoms with Gasteiger partial charge in [-0.15, -0.1) is 0 Å². The Kier molecular flexibility index (Phi) is 2.43. The van der Waals surface area contributed by atoms with E-state index in [1.807, 2.05) is 0 Å². The van der Waals surface area contributed by atoms with Crippen molar-refractivity contribution in [2.24, 2.45) is 0 Å². The molecule has 0 spiro atoms. The number of aromatic amines is 1. The lowest BCUT2D eigenvalue weighted by Gasteiger charge is -2.01. The summed E-state index contributed by atoms with van der Waals surface area (Å²) in [5, 5.41) is 0.643. The second-order valence-corrected chi connectivity index (χ2v) is 3.45. The van der Waals surface area contributed by atoms with Crippen LogP contribution in [0.25, 0.3) is 11.3 Å². The Morgan fingerprint density at radius 2 is 1.93 bits per heavy atom. The molecule has 0 bridgehead atoms. The van der Waals surface area contributed by atoms with Gasteiger partial charge >= 0.3 is 0 Å². The fourth-order valence-electron chi connectivity index (χ4n) is 1.19. The molecule has 0 amide bonds. The number of nitrogens with two attached hydrogens (primary N) is 1. The van der Waals surface area contributed by atoms with Gasteiger partial charge < -0.3 is 10.7 Å². The predicted molar refractivity (Wildman–Crippen MR) is 59.7 cm³/mol. The van der Waals surface area contributed by atoms with Crippen LogP contribution in [0.3, 0.4) is 0 Å². The number of hydrogen-bond acceptors (Lipinski definition) is 3. The molecule has 0 saturated carbocycles. The third-order valence-corrected chi connectivity index (χ3v) is 2.22. The number of nitrogen functional groups attached to an aromatic ring is 1. The first kappa shape index (κ1) is 9.73. The highest BCUT2D eigenvalue weighted by Gasteiger charge is 2.01. The van der Waals surface area contributed by atoms with Gasteiger partial charge in [-0.25, -0.2) is 4.98 Å². The zero-order valence-corrected chi connectivity index (χ0v) is 8.45. The number of nitrogens with zero attached hydrogens (tertiary/aromatic N) is 1. The minimum Gasteiger partial charge on any atom is -0.379 e. The predicted octanol–water partition coefficient (Wildman–Crippen LogP) is 1.67. The monoisotopic (exact) mass is 221 g/mol. The van der Waals surface area contributed by atoms with Crippen LogP contribution in [0.5, 0.6) is 0 Å². The molecule has 0 atom stereocenters. The molecule has 0 unspecified atom stereocenters. The van der Waals surface area contributed by atoms with Crippen LogP contribution in [-0.4, -0.2) is 9.97 Å². The van der Waals surface area contributed by atoms with Crippen LogP contribution in [0.2, 0.25) is 5.02 Å². The molecule has 0 aliphatic heterocycles. The Balaban J connectivity index is 2.50. The lowest BCUT2D eigenvalue weighted by atomic mass is 10.2. The maximum Gasteiger partial charge on any atom is 0.290 e. The average Bonchev–Trinajstić information content (AvgIpc) is 2.23. The lowest BCUT2D eigenvalue weighted by molar-refractivity contribution is 1.16. The zero-order chi connectivity index (χ0) is 10.8. The van der Waals surface area contributed by atoms with E-state index in [2.05, 4.69) is 9.97 Å². The van der Waals surface area contributed by atoms with Crippen LogP contribution in [0, 0.1) is 0 Å². The SMILES string of the molecule is Nc1ncc(-c2ccc(Cl)cc2)[nH]c1=O. The van der Waals surface area contributed by atoms with Crippen LogP contribution < -0.4 is 11.3 Å². The van der Waals surface area contributed by atoms with Gasteiger partial charge in [0.15, 0.2) is 5.82 Å². The average molecular weight is 222 g/mol. The lowest BCUT2D eigenvalue weighted by Crippen LogP contribution is -2.13. The number of anilines is 1. The van der Waals surface area contributed by atoms with E-state index in [9.17, 15) is 4.79 Å². The first-order valence-electron chi connectivity index (χ1n) is 4.27. The van der Waals surface area contributed by atoms with Crippen molar-refractivity contribution < 1.29 is 0 Å². The molecule has 4 nitrogen and oxygen atoms in total. The molecule has 0 radical (unpaired) electrons. The van der Waals surface area contributed by atoms with Crippen molar-refractivity contribution in [3.8, 4) is 11.3 Å². The summed E-state index contributed by atoms with van der Waals surface area (Å²) in [6, 6.07) is 7.08. The summed E-state index contributed by atoms with van der Waals surface area (Å²) in [5.41, 5.74) is 6.38. The highest BCUT2D eigenvalue weighted by molar-refractivity contribution is 6.30. The van der Waals surface area contributed by atoms with Gasteiger partial charge in [-0.05, 0) is 17.7 Å². The number of aromatic nitrogens is 2. The molecule has 5 heteroatoms. The molecule has 76 valence electrons. The third kappa shape index (κ3) is 1.99. The Bertz CT molecular complexity index is 533. The second kappa shape index (κ2) is 3.74. The molecular weight excluding hydrogens is 214 g/mol. The zero-order valence-electron chi connectivity index (χ0n) is 7.70. The van der Waals surface area contributed by atoms with E-state index in [4.69, 9.17) is 17.3 Å². The van der Waals surface area contributed by atoms with E-state index in [0.29, 0.717) is 10.7 Å². The van der Waals surface area contributed by atoms with Crippen molar-refractivity contribution in [1.82, 2.24) is 9.97 Å². The topological polar surface area (TPSA) is 71.8 Å². The molecule has 2 rings (SSSR count). The summed E-state index contributed by atoms with van der Waals surface area (Å²) in [6.07, 6.45) is 1.51. The van der Waals surface area contributed by atoms with Gasteiger partial charge in [-0.2, -0.15) is 0 Å². The number of nitrogens with one attached hydrogen (secondary N) is 1. The molecule has 3 N–H and O–H groups in total. The van der Waals surface area contributed by atoms with E-state index in [1.54, 1.807) is 24.3 Å². The van der Waals surface area contributed by atoms with Crippen LogP contribution in [0.15, 0.2) is 35.3 Å². The van der Waals surface area contributed by atoms with Crippen molar-refractivity contribution in [3.05, 3.63) is 45.8 Å². The van der Waals surface area contributed by atoms with Gasteiger partial charge in [0.25, 0.3) is 5.56 Å². The molecule has 2 aromatic rings. The highest BCUT2D eigenvalue weighted by Crippen LogP contribution is 2.17. The normalized spacial score (nSPS) is 10.2. The molecule has 0 saturated heterocycles. The smallest absolute Gasteiger partial charge is 0.290 e. The van der Waals surface area contributed by atoms with E-state index in [1.165, 1.54) is 6.20 Å². The largest absolute Gasteiger partial charge is 0.379 e. The summed E-state index contributed by atoms with van der Waals surface area (Å²) in [5.74, 6) is -0.0345. The Hall–Kier alpha value is -1.81. The van der Waals surface area contributed by atoms with Gasteiger partial charge in [-0.3, -0.25) is 4.79 Å². The quantitative estimate of drug-likeness (QED) is 0.770. The maximum absolute atomic E-state index is 11.2. The van der Waals surface area contributed by atoms with Crippen LogP contribution in [0.1, 0.15) is 0 Å². The molecule has 1 aromatic heterocycles. The van der Waals surface area contributed by atoms with Crippen molar-refractivity contribution in [1.29, 1.82) is 0 Å². The maximum atomic E-state index is 11.2. The Morgan fingerprint density at radius 1 is 1.27 bits per heavy atom. The minimum atomic E-state index is -0.387. The van der Waals surface area contributed by atoms with E-state index < -0.39 is 0 Å². The van der Waals surface area contributed by atoms with Crippen LogP contribution in [0.4, 0.5) is 5.82 Å². The summed E-state index contributed by atoms with van der Waals surface area (Å²) in [7, 11) is 0. The molecule has 1 heterocycles. The summed E-state index contributed by atoms with van der Waals surface area (Å²) in [4.78, 5) is 17.6. The number of halogens is 1. The summed E-state index contributed by atoms with van der Waals surface area (Å²) >= 11 is 5.75. The summed E-state index contributed by atoms with van der Waals surface area (Å²) in [6.45, 7) is 0. The van der Waals surface area contributed by atoms with Crippen LogP contribution >= 0.6 is 11.6 Å². The Labute approximate surface area is 90.7 Å². The number of rotatable bonds is 1. The minimum absolute atomic E-state index is 0.0345. The molecule has 0 fully saturated rings. The molecule has 1 aromatic carbocycles. The van der Waals surface area contributed by atoms with Crippen molar-refractivity contribution >= 4 is 17.4 Å². The standard InChI is InChI=1S/C10H8ClN3O/c11-7-3-1-6(2-4-7)8-5-13-9(12)10(15)14-8/h1-5H,(H2,12,13)(H,14,15). The van der Waals surface area contributed by atoms with Gasteiger partial charge in [-0.1, -0.05) is 23.7 Å². The third-order valence-electron chi connectivity index (χ3n) is 1.97. The number of H-pyrrole nitrogens is 1. The molecule has 0 aliphatic carbocycles. The van der Waals surface area contributed by atoms with E-state index in [0.717, 1.165) is 5.56 Å². The summed E-state index contributed by atoms with van der Waals surface area (Å²) < 4.78 is 0. The second-order valence-electron chi connectivity index (χ2n) is 3.02. The Morgan fingerprint density at radius 3 is 2.53 bits per heavy atom. The molecule has 15 heavy (non-hydrogen) atoms. The first-order chi connectivity index (χ1) is 7.16. The number of hydrogen-bond donors (Lipinski definition) is 2. The van der Waals surface area contributed by atoms with Gasteiger partial charge in [0.1, 0.15) is 0 Å². The van der Waals surface area contributed by atoms with E-state index >= 15 is 0 Å². The first-order valence-corrected chi connectivity index (χ1v) is 4.65. The van der Waals surface area contributed by atoms with Crippen molar-refractivity contribution in [3.63, 3.8) is 0 Å². The fraction of sp³-hybridized carbons (Fsp3) is 0. The number of benzene rings is 1. The van der Waals surface area contributed by atoms with E-state index in [-0.39, 0.29) is 11.4 Å². The van der Waals surface area contributed by atoms with Crippen LogP contribution in [-0.2, 0) is 0 Å².